The van der Waals surface area contributed by atoms with Crippen LogP contribution in [-0.2, 0) is 33.3 Å². The first kappa shape index (κ1) is 35.4. The van der Waals surface area contributed by atoms with Crippen molar-refractivity contribution in [3.05, 3.63) is 80.9 Å². The van der Waals surface area contributed by atoms with Crippen LogP contribution in [0.1, 0.15) is 56.6 Å². The van der Waals surface area contributed by atoms with Gasteiger partial charge in [-0.3, -0.25) is 9.80 Å². The van der Waals surface area contributed by atoms with Gasteiger partial charge in [0.25, 0.3) is 0 Å². The lowest BCUT2D eigenvalue weighted by Crippen LogP contribution is -2.68. The second-order valence-electron chi connectivity index (χ2n) is 13.4. The number of fused-ring (bicyclic) bond motifs is 9. The third kappa shape index (κ3) is 5.77. The Balaban J connectivity index is 1.32. The molecule has 4 aliphatic rings. The lowest BCUT2D eigenvalue weighted by Gasteiger charge is -2.59. The van der Waals surface area contributed by atoms with Gasteiger partial charge in [0.2, 0.25) is 6.79 Å². The van der Waals surface area contributed by atoms with Crippen LogP contribution in [0.25, 0.3) is 6.08 Å². The molecule has 4 heterocycles. The summed E-state index contributed by atoms with van der Waals surface area (Å²) in [7, 11) is 5.08. The number of phenols is 1. The molecule has 0 aromatic heterocycles. The van der Waals surface area contributed by atoms with Gasteiger partial charge in [-0.2, -0.15) is 18.4 Å². The Morgan fingerprint density at radius 3 is 2.58 bits per heavy atom. The molecule has 0 aliphatic carbocycles. The zero-order valence-electron chi connectivity index (χ0n) is 29.2. The summed E-state index contributed by atoms with van der Waals surface area (Å²) in [5, 5.41) is 22.5. The molecular formula is C38H38F3N3O8. The average Bonchev–Trinajstić information content (AvgIpc) is 3.61. The maximum absolute atomic E-state index is 13.3. The highest BCUT2D eigenvalue weighted by atomic mass is 19.4. The quantitative estimate of drug-likeness (QED) is 0.173. The van der Waals surface area contributed by atoms with Crippen LogP contribution < -0.4 is 18.9 Å². The molecule has 0 spiro atoms. The molecule has 2 bridgehead atoms. The number of aryl methyl sites for hydroxylation is 1. The Kier molecular flexibility index (Phi) is 9.23. The van der Waals surface area contributed by atoms with E-state index in [2.05, 4.69) is 17.0 Å². The van der Waals surface area contributed by atoms with Gasteiger partial charge in [0.15, 0.2) is 29.8 Å². The van der Waals surface area contributed by atoms with Crippen LogP contribution in [0.4, 0.5) is 13.2 Å². The summed E-state index contributed by atoms with van der Waals surface area (Å²) in [5.74, 6) is 1.10. The summed E-state index contributed by atoms with van der Waals surface area (Å²) in [6.07, 6.45) is -1.40. The molecule has 1 fully saturated rings. The number of carbonyl (C=O) groups is 1. The number of halogens is 3. The predicted octanol–water partition coefficient (Wildman–Crippen LogP) is 5.78. The number of phenolic OH excluding ortho intramolecular Hbond substituents is 1. The van der Waals surface area contributed by atoms with Crippen molar-refractivity contribution in [3.8, 4) is 34.8 Å². The molecule has 11 nitrogen and oxygen atoms in total. The number of alkyl halides is 3. The van der Waals surface area contributed by atoms with Crippen LogP contribution in [0.2, 0.25) is 0 Å². The fourth-order valence-corrected chi connectivity index (χ4v) is 8.43. The monoisotopic (exact) mass is 721 g/mol. The smallest absolute Gasteiger partial charge is 0.416 e. The Bertz CT molecular complexity index is 1990. The van der Waals surface area contributed by atoms with Crippen molar-refractivity contribution in [2.24, 2.45) is 0 Å². The van der Waals surface area contributed by atoms with Gasteiger partial charge in [0, 0.05) is 47.5 Å². The van der Waals surface area contributed by atoms with Gasteiger partial charge in [0.05, 0.1) is 30.8 Å². The highest BCUT2D eigenvalue weighted by Crippen LogP contribution is 2.58. The fraction of sp³-hybridized carbons (Fsp3) is 0.421. The van der Waals surface area contributed by atoms with Crippen molar-refractivity contribution in [3.63, 3.8) is 0 Å². The number of hydrogen-bond donors (Lipinski definition) is 1. The number of carbonyl (C=O) groups excluding carboxylic acids is 1. The van der Waals surface area contributed by atoms with E-state index < -0.39 is 35.8 Å². The number of esters is 1. The van der Waals surface area contributed by atoms with Gasteiger partial charge >= 0.3 is 12.1 Å². The summed E-state index contributed by atoms with van der Waals surface area (Å²) in [5.41, 5.74) is 3.74. The van der Waals surface area contributed by atoms with Gasteiger partial charge in [-0.1, -0.05) is 18.2 Å². The van der Waals surface area contributed by atoms with E-state index in [9.17, 15) is 28.3 Å². The molecule has 3 aromatic carbocycles. The van der Waals surface area contributed by atoms with E-state index >= 15 is 0 Å². The summed E-state index contributed by atoms with van der Waals surface area (Å²) in [6, 6.07) is 6.66. The van der Waals surface area contributed by atoms with Crippen molar-refractivity contribution in [1.29, 1.82) is 5.26 Å². The first-order chi connectivity index (χ1) is 24.9. The second kappa shape index (κ2) is 13.5. The molecule has 1 saturated heterocycles. The van der Waals surface area contributed by atoms with Crippen molar-refractivity contribution in [1.82, 2.24) is 9.80 Å². The number of aromatic hydroxyl groups is 1. The van der Waals surface area contributed by atoms with E-state index in [1.165, 1.54) is 25.3 Å². The zero-order chi connectivity index (χ0) is 37.1. The number of rotatable bonds is 8. The lowest BCUT2D eigenvalue weighted by molar-refractivity contribution is -0.143. The Hall–Kier alpha value is -4.97. The Morgan fingerprint density at radius 1 is 1.10 bits per heavy atom. The van der Waals surface area contributed by atoms with E-state index in [0.29, 0.717) is 52.5 Å². The number of hydrogen-bond acceptors (Lipinski definition) is 11. The van der Waals surface area contributed by atoms with Crippen LogP contribution in [-0.4, -0.2) is 80.5 Å². The molecule has 0 radical (unpaired) electrons. The van der Waals surface area contributed by atoms with Crippen LogP contribution in [0, 0.1) is 25.2 Å². The normalized spacial score (nSPS) is 23.4. The largest absolute Gasteiger partial charge is 0.507 e. The molecule has 1 N–H and O–H groups in total. The number of piperazine rings is 1. The number of benzene rings is 3. The molecule has 0 amide bonds. The molecule has 7 rings (SSSR count). The second-order valence-corrected chi connectivity index (χ2v) is 13.4. The molecule has 1 unspecified atom stereocenters. The van der Waals surface area contributed by atoms with E-state index in [0.717, 1.165) is 34.9 Å². The van der Waals surface area contributed by atoms with Crippen molar-refractivity contribution in [2.45, 2.75) is 63.1 Å². The van der Waals surface area contributed by atoms with E-state index in [1.807, 2.05) is 18.9 Å². The summed E-state index contributed by atoms with van der Waals surface area (Å²) < 4.78 is 74.8. The first-order valence-corrected chi connectivity index (χ1v) is 16.8. The molecule has 14 heteroatoms. The number of methoxy groups -OCH3 is 2. The minimum Gasteiger partial charge on any atom is -0.507 e. The van der Waals surface area contributed by atoms with E-state index in [1.54, 1.807) is 14.0 Å². The van der Waals surface area contributed by atoms with Gasteiger partial charge in [-0.25, -0.2) is 4.79 Å². The summed E-state index contributed by atoms with van der Waals surface area (Å²) in [6.45, 7) is 3.31. The lowest BCUT2D eigenvalue weighted by atomic mass is 9.71. The summed E-state index contributed by atoms with van der Waals surface area (Å²) >= 11 is 0. The van der Waals surface area contributed by atoms with Crippen molar-refractivity contribution in [2.75, 3.05) is 41.5 Å². The topological polar surface area (TPSA) is 123 Å². The number of nitriles is 1. The van der Waals surface area contributed by atoms with Crippen LogP contribution >= 0.6 is 0 Å². The zero-order valence-corrected chi connectivity index (χ0v) is 29.2. The van der Waals surface area contributed by atoms with Gasteiger partial charge < -0.3 is 33.5 Å². The average molecular weight is 722 g/mol. The Morgan fingerprint density at radius 2 is 1.87 bits per heavy atom. The number of likely N-dealkylation sites (N-methyl/N-ethyl adjacent to an activating group) is 1. The van der Waals surface area contributed by atoms with Crippen LogP contribution in [0.3, 0.4) is 0 Å². The number of ether oxygens (including phenoxy) is 6. The summed E-state index contributed by atoms with van der Waals surface area (Å²) in [4.78, 5) is 17.4. The SMILES string of the molecule is COCOc1c(OC)c(C)cc2c1[C@@H]1C3Cc4c(O)c(C)c5c(c4[C@H](COC(=O)/C=C/c4cccc(C(F)(F)F)c4)N3[C@@H](C#N)[C@@H](C2)N1C)OCO5. The maximum Gasteiger partial charge on any atom is 0.416 e. The minimum absolute atomic E-state index is 0.0197. The van der Waals surface area contributed by atoms with Gasteiger partial charge in [-0.15, -0.1) is 0 Å². The van der Waals surface area contributed by atoms with Gasteiger partial charge in [-0.05, 0) is 68.6 Å². The third-order valence-corrected chi connectivity index (χ3v) is 10.6. The first-order valence-electron chi connectivity index (χ1n) is 16.8. The molecule has 52 heavy (non-hydrogen) atoms. The van der Waals surface area contributed by atoms with Gasteiger partial charge in [0.1, 0.15) is 18.4 Å². The maximum atomic E-state index is 13.3. The van der Waals surface area contributed by atoms with Crippen molar-refractivity contribution >= 4 is 12.0 Å². The third-order valence-electron chi connectivity index (χ3n) is 10.6. The molecule has 0 saturated carbocycles. The highest BCUT2D eigenvalue weighted by Gasteiger charge is 2.57. The predicted molar refractivity (Wildman–Crippen MR) is 180 cm³/mol. The number of nitrogens with zero attached hydrogens (tertiary/aromatic N) is 3. The molecule has 274 valence electrons. The molecular weight excluding hydrogens is 683 g/mol. The van der Waals surface area contributed by atoms with Crippen LogP contribution in [0.5, 0.6) is 28.7 Å². The van der Waals surface area contributed by atoms with Crippen LogP contribution in [0.15, 0.2) is 36.4 Å². The molecule has 4 aliphatic heterocycles. The van der Waals surface area contributed by atoms with E-state index in [4.69, 9.17) is 28.4 Å². The minimum atomic E-state index is -4.54. The Labute approximate surface area is 298 Å². The van der Waals surface area contributed by atoms with E-state index in [-0.39, 0.29) is 43.6 Å². The highest BCUT2D eigenvalue weighted by molar-refractivity contribution is 5.87. The molecule has 3 aromatic rings. The fourth-order valence-electron chi connectivity index (χ4n) is 8.43. The molecule has 5 atom stereocenters. The standard InChI is InChI=1S/C38H38F3N3O8/c1-19-11-22-13-25-27(15-42)44-26(32(43(25)3)30(22)36(34(19)48-5)50-17-47-4)14-24-31(37-35(51-18-52-37)20(2)33(24)46)28(44)16-49-29(45)10-9-21-7-6-8-23(12-21)38(39,40)41/h6-12,25-28,32,46H,13-14,16-18H2,1-5H3/b10-9+/t25-,26?,27+,28+,32+/m1/s1. The van der Waals surface area contributed by atoms with Crippen molar-refractivity contribution < 1.29 is 51.5 Å².